The Bertz CT molecular complexity index is 1230. The van der Waals surface area contributed by atoms with Crippen molar-refractivity contribution in [3.8, 4) is 0 Å². The normalized spacial score (nSPS) is 13.6. The topological polar surface area (TPSA) is 61.1 Å². The van der Waals surface area contributed by atoms with E-state index in [2.05, 4.69) is 15.2 Å². The number of thiazole rings is 1. The van der Waals surface area contributed by atoms with Gasteiger partial charge in [-0.25, -0.2) is 4.98 Å². The molecule has 0 radical (unpaired) electrons. The molecule has 0 amide bonds. The van der Waals surface area contributed by atoms with Crippen LogP contribution in [0, 0.1) is 0 Å². The fraction of sp³-hybridized carbons (Fsp3) is 0.381. The van der Waals surface area contributed by atoms with Crippen LogP contribution in [0.5, 0.6) is 0 Å². The monoisotopic (exact) mass is 544 g/mol. The summed E-state index contributed by atoms with van der Waals surface area (Å²) in [6.07, 6.45) is -6.89. The van der Waals surface area contributed by atoms with Crippen LogP contribution in [0.2, 0.25) is 0 Å². The van der Waals surface area contributed by atoms with E-state index in [0.29, 0.717) is 42.2 Å². The molecular formula is C21H17F9N4OS. The van der Waals surface area contributed by atoms with Crippen LogP contribution in [0.3, 0.4) is 0 Å². The number of alkyl halides is 9. The summed E-state index contributed by atoms with van der Waals surface area (Å²) in [4.78, 5) is 5.84. The molecule has 0 spiro atoms. The summed E-state index contributed by atoms with van der Waals surface area (Å²) in [6, 6.07) is 8.09. The molecule has 0 unspecified atom stereocenters. The van der Waals surface area contributed by atoms with Crippen LogP contribution in [0.1, 0.15) is 12.5 Å². The third-order valence-electron chi connectivity index (χ3n) is 5.10. The van der Waals surface area contributed by atoms with Crippen LogP contribution >= 0.6 is 11.3 Å². The fourth-order valence-corrected chi connectivity index (χ4v) is 3.95. The highest BCUT2D eigenvalue weighted by Crippen LogP contribution is 2.56. The zero-order chi connectivity index (χ0) is 26.9. The summed E-state index contributed by atoms with van der Waals surface area (Å²) < 4.78 is 119. The number of fused-ring (bicyclic) bond motifs is 1. The largest absolute Gasteiger partial charge is 0.460 e. The minimum absolute atomic E-state index is 0.0302. The SMILES string of the molecule is CCN(CCO)c1ccc(N=Nc2nc3ccc(C(F)(F)C(F)(F)C(F)(F)C(F)(F)F)cc3s2)cc1. The number of aromatic nitrogens is 1. The first kappa shape index (κ1) is 27.6. The quantitative estimate of drug-likeness (QED) is 0.225. The molecule has 0 bridgehead atoms. The van der Waals surface area contributed by atoms with Crippen molar-refractivity contribution in [2.45, 2.75) is 30.9 Å². The number of rotatable bonds is 9. The average molecular weight is 544 g/mol. The van der Waals surface area contributed by atoms with E-state index in [1.54, 1.807) is 24.3 Å². The standard InChI is InChI=1S/C21H17F9N4OS/c1-2-34(9-10-35)14-6-4-13(5-7-14)32-33-17-31-15-8-3-12(11-16(15)36-17)18(22,23)19(24,25)20(26,27)21(28,29)30/h3-8,11,35H,2,9-10H2,1H3. The van der Waals surface area contributed by atoms with Crippen molar-refractivity contribution in [1.29, 1.82) is 0 Å². The second kappa shape index (κ2) is 9.84. The highest BCUT2D eigenvalue weighted by molar-refractivity contribution is 7.21. The molecule has 5 nitrogen and oxygen atoms in total. The molecule has 0 saturated heterocycles. The van der Waals surface area contributed by atoms with Crippen LogP contribution in [-0.2, 0) is 5.92 Å². The molecule has 36 heavy (non-hydrogen) atoms. The van der Waals surface area contributed by atoms with Gasteiger partial charge in [0.15, 0.2) is 0 Å². The molecule has 0 aliphatic carbocycles. The lowest BCUT2D eigenvalue weighted by atomic mass is 9.97. The van der Waals surface area contributed by atoms with Gasteiger partial charge < -0.3 is 10.0 Å². The molecule has 1 aromatic heterocycles. The average Bonchev–Trinajstić information content (AvgIpc) is 3.23. The van der Waals surface area contributed by atoms with E-state index in [1.165, 1.54) is 0 Å². The van der Waals surface area contributed by atoms with Crippen molar-refractivity contribution in [3.63, 3.8) is 0 Å². The van der Waals surface area contributed by atoms with E-state index >= 15 is 0 Å². The summed E-state index contributed by atoms with van der Waals surface area (Å²) in [5, 5.41) is 16.7. The summed E-state index contributed by atoms with van der Waals surface area (Å²) in [7, 11) is 0. The molecule has 196 valence electrons. The molecular weight excluding hydrogens is 527 g/mol. The molecule has 3 aromatic rings. The van der Waals surface area contributed by atoms with Crippen molar-refractivity contribution >= 4 is 38.1 Å². The predicted molar refractivity (Wildman–Crippen MR) is 115 cm³/mol. The number of nitrogens with zero attached hydrogens (tertiary/aromatic N) is 4. The summed E-state index contributed by atoms with van der Waals surface area (Å²) in [5.74, 6) is -19.6. The van der Waals surface area contributed by atoms with Gasteiger partial charge in [0.05, 0.1) is 22.5 Å². The van der Waals surface area contributed by atoms with Crippen molar-refractivity contribution in [1.82, 2.24) is 4.98 Å². The van der Waals surface area contributed by atoms with Gasteiger partial charge in [-0.3, -0.25) is 0 Å². The van der Waals surface area contributed by atoms with E-state index < -0.39 is 29.5 Å². The van der Waals surface area contributed by atoms with Gasteiger partial charge in [-0.2, -0.15) is 39.5 Å². The number of hydrogen-bond donors (Lipinski definition) is 1. The Labute approximate surface area is 201 Å². The molecule has 0 fully saturated rings. The van der Waals surface area contributed by atoms with Gasteiger partial charge in [0.25, 0.3) is 0 Å². The van der Waals surface area contributed by atoms with Gasteiger partial charge in [-0.1, -0.05) is 17.4 Å². The van der Waals surface area contributed by atoms with Crippen LogP contribution in [0.25, 0.3) is 10.2 Å². The molecule has 3 rings (SSSR count). The number of aliphatic hydroxyl groups excluding tert-OH is 1. The van der Waals surface area contributed by atoms with Gasteiger partial charge >= 0.3 is 23.9 Å². The number of benzene rings is 2. The van der Waals surface area contributed by atoms with Crippen LogP contribution < -0.4 is 4.90 Å². The molecule has 1 heterocycles. The second-order valence-corrected chi connectivity index (χ2v) is 8.43. The van der Waals surface area contributed by atoms with Crippen molar-refractivity contribution in [2.75, 3.05) is 24.6 Å². The Kier molecular flexibility index (Phi) is 7.56. The third-order valence-corrected chi connectivity index (χ3v) is 6.00. The number of anilines is 1. The zero-order valence-corrected chi connectivity index (χ0v) is 19.0. The first-order valence-corrected chi connectivity index (χ1v) is 11.0. The van der Waals surface area contributed by atoms with Gasteiger partial charge in [-0.05, 0) is 43.3 Å². The predicted octanol–water partition coefficient (Wildman–Crippen LogP) is 7.46. The summed E-state index contributed by atoms with van der Waals surface area (Å²) in [5.41, 5.74) is -0.585. The highest BCUT2D eigenvalue weighted by atomic mass is 32.1. The van der Waals surface area contributed by atoms with Crippen molar-refractivity contribution < 1.29 is 44.6 Å². The first-order chi connectivity index (χ1) is 16.7. The van der Waals surface area contributed by atoms with Crippen LogP contribution in [0.15, 0.2) is 52.7 Å². The van der Waals surface area contributed by atoms with Gasteiger partial charge in [-0.15, -0.1) is 10.2 Å². The maximum absolute atomic E-state index is 14.2. The van der Waals surface area contributed by atoms with E-state index in [-0.39, 0.29) is 22.0 Å². The Morgan fingerprint density at radius 3 is 2.08 bits per heavy atom. The fourth-order valence-electron chi connectivity index (χ4n) is 3.13. The smallest absolute Gasteiger partial charge is 0.395 e. The maximum Gasteiger partial charge on any atom is 0.460 e. The Morgan fingerprint density at radius 2 is 1.53 bits per heavy atom. The first-order valence-electron chi connectivity index (χ1n) is 10.1. The molecule has 0 aliphatic heterocycles. The van der Waals surface area contributed by atoms with Crippen LogP contribution in [-0.4, -0.2) is 47.8 Å². The molecule has 0 aliphatic rings. The Balaban J connectivity index is 1.86. The number of likely N-dealkylation sites (N-methyl/N-ethyl adjacent to an activating group) is 1. The lowest BCUT2D eigenvalue weighted by Crippen LogP contribution is -2.59. The van der Waals surface area contributed by atoms with Crippen molar-refractivity contribution in [3.05, 3.63) is 48.0 Å². The molecule has 0 saturated carbocycles. The summed E-state index contributed by atoms with van der Waals surface area (Å²) >= 11 is 0.593. The molecule has 15 heteroatoms. The minimum Gasteiger partial charge on any atom is -0.395 e. The van der Waals surface area contributed by atoms with Crippen LogP contribution in [0.4, 0.5) is 56.0 Å². The lowest BCUT2D eigenvalue weighted by molar-refractivity contribution is -0.399. The van der Waals surface area contributed by atoms with Crippen molar-refractivity contribution in [2.24, 2.45) is 10.2 Å². The molecule has 1 N–H and O–H groups in total. The minimum atomic E-state index is -6.98. The van der Waals surface area contributed by atoms with E-state index in [1.807, 2.05) is 11.8 Å². The third kappa shape index (κ3) is 4.98. The number of aliphatic hydroxyl groups is 1. The Hall–Kier alpha value is -2.94. The summed E-state index contributed by atoms with van der Waals surface area (Å²) in [6.45, 7) is 2.93. The number of hydrogen-bond acceptors (Lipinski definition) is 6. The van der Waals surface area contributed by atoms with Gasteiger partial charge in [0, 0.05) is 24.3 Å². The number of halogens is 9. The van der Waals surface area contributed by atoms with E-state index in [9.17, 15) is 39.5 Å². The van der Waals surface area contributed by atoms with E-state index in [0.717, 1.165) is 11.8 Å². The van der Waals surface area contributed by atoms with Gasteiger partial charge in [0.2, 0.25) is 5.13 Å². The maximum atomic E-state index is 14.2. The zero-order valence-electron chi connectivity index (χ0n) is 18.2. The Morgan fingerprint density at radius 1 is 0.889 bits per heavy atom. The highest BCUT2D eigenvalue weighted by Gasteiger charge is 2.82. The molecule has 2 aromatic carbocycles. The second-order valence-electron chi connectivity index (χ2n) is 7.42. The van der Waals surface area contributed by atoms with Gasteiger partial charge in [0.1, 0.15) is 0 Å². The lowest BCUT2D eigenvalue weighted by Gasteiger charge is -2.33. The molecule has 0 atom stereocenters. The number of azo groups is 1. The van der Waals surface area contributed by atoms with E-state index in [4.69, 9.17) is 5.11 Å².